The molecule has 0 aliphatic heterocycles. The summed E-state index contributed by atoms with van der Waals surface area (Å²) in [7, 11) is 7.41. The first-order valence-electron chi connectivity index (χ1n) is 9.75. The van der Waals surface area contributed by atoms with Gasteiger partial charge in [0.2, 0.25) is 0 Å². The third-order valence-corrected chi connectivity index (χ3v) is 5.10. The Bertz CT molecular complexity index is 1050. The van der Waals surface area contributed by atoms with E-state index in [2.05, 4.69) is 34.1 Å². The van der Waals surface area contributed by atoms with E-state index in [1.165, 1.54) is 0 Å². The van der Waals surface area contributed by atoms with Crippen LogP contribution in [0.25, 0.3) is 33.9 Å². The van der Waals surface area contributed by atoms with Crippen LogP contribution in [0.5, 0.6) is 11.5 Å². The third-order valence-electron chi connectivity index (χ3n) is 5.10. The summed E-state index contributed by atoms with van der Waals surface area (Å²) in [6, 6.07) is 24.3. The highest BCUT2D eigenvalue weighted by Crippen LogP contribution is 2.34. The van der Waals surface area contributed by atoms with Gasteiger partial charge in [-0.25, -0.2) is 4.98 Å². The van der Waals surface area contributed by atoms with Crippen LogP contribution in [0.4, 0.5) is 5.69 Å². The lowest BCUT2D eigenvalue weighted by Crippen LogP contribution is -2.07. The molecule has 3 aromatic carbocycles. The lowest BCUT2D eigenvalue weighted by Gasteiger charge is -2.12. The summed E-state index contributed by atoms with van der Waals surface area (Å²) in [6.45, 7) is 0. The molecule has 0 radical (unpaired) electrons. The van der Waals surface area contributed by atoms with Gasteiger partial charge in [-0.15, -0.1) is 0 Å². The van der Waals surface area contributed by atoms with Crippen molar-refractivity contribution >= 4 is 5.69 Å². The zero-order valence-electron chi connectivity index (χ0n) is 17.6. The summed E-state index contributed by atoms with van der Waals surface area (Å²) >= 11 is 0. The molecule has 4 aromatic rings. The summed E-state index contributed by atoms with van der Waals surface area (Å²) in [5.74, 6) is 2.47. The molecule has 1 heterocycles. The maximum atomic E-state index is 5.31. The topological polar surface area (TPSA) is 50.4 Å². The number of benzene rings is 3. The fourth-order valence-corrected chi connectivity index (χ4v) is 3.35. The third kappa shape index (κ3) is 3.87. The Kier molecular flexibility index (Phi) is 5.44. The second-order valence-electron chi connectivity index (χ2n) is 7.21. The van der Waals surface area contributed by atoms with Crippen molar-refractivity contribution in [1.82, 2.24) is 9.97 Å². The summed E-state index contributed by atoms with van der Waals surface area (Å²) in [6.07, 6.45) is 0. The van der Waals surface area contributed by atoms with Crippen LogP contribution in [0.15, 0.2) is 72.8 Å². The van der Waals surface area contributed by atoms with Crippen LogP contribution in [0.1, 0.15) is 0 Å². The molecule has 0 saturated heterocycles. The molecule has 0 spiro atoms. The largest absolute Gasteiger partial charge is 0.497 e. The summed E-state index contributed by atoms with van der Waals surface area (Å²) in [5.41, 5.74) is 6.12. The van der Waals surface area contributed by atoms with Gasteiger partial charge in [0.1, 0.15) is 17.3 Å². The highest BCUT2D eigenvalue weighted by molar-refractivity contribution is 5.81. The number of aromatic nitrogens is 2. The molecule has 0 aliphatic carbocycles. The number of aromatic amines is 1. The Morgan fingerprint density at radius 3 is 1.67 bits per heavy atom. The van der Waals surface area contributed by atoms with Crippen LogP contribution < -0.4 is 14.4 Å². The second-order valence-corrected chi connectivity index (χ2v) is 7.21. The fraction of sp³-hybridized carbons (Fsp3) is 0.160. The van der Waals surface area contributed by atoms with Crippen molar-refractivity contribution < 1.29 is 9.47 Å². The van der Waals surface area contributed by atoms with Crippen molar-refractivity contribution in [3.8, 4) is 45.4 Å². The van der Waals surface area contributed by atoms with Crippen molar-refractivity contribution in [3.63, 3.8) is 0 Å². The van der Waals surface area contributed by atoms with Crippen molar-refractivity contribution in [2.24, 2.45) is 0 Å². The van der Waals surface area contributed by atoms with E-state index in [1.54, 1.807) is 14.2 Å². The van der Waals surface area contributed by atoms with Gasteiger partial charge in [0.15, 0.2) is 0 Å². The lowest BCUT2D eigenvalue weighted by atomic mass is 10.0. The summed E-state index contributed by atoms with van der Waals surface area (Å²) < 4.78 is 10.6. The number of imidazole rings is 1. The molecular weight excluding hydrogens is 374 g/mol. The fourth-order valence-electron chi connectivity index (χ4n) is 3.35. The molecule has 0 amide bonds. The van der Waals surface area contributed by atoms with Gasteiger partial charge in [-0.05, 0) is 72.8 Å². The van der Waals surface area contributed by atoms with Crippen molar-refractivity contribution in [2.45, 2.75) is 0 Å². The predicted molar refractivity (Wildman–Crippen MR) is 122 cm³/mol. The molecule has 0 unspecified atom stereocenters. The van der Waals surface area contributed by atoms with Crippen molar-refractivity contribution in [1.29, 1.82) is 0 Å². The second kappa shape index (κ2) is 8.33. The van der Waals surface area contributed by atoms with E-state index in [9.17, 15) is 0 Å². The number of nitrogens with zero attached hydrogens (tertiary/aromatic N) is 2. The van der Waals surface area contributed by atoms with E-state index >= 15 is 0 Å². The number of ether oxygens (including phenoxy) is 2. The number of H-pyrrole nitrogens is 1. The maximum Gasteiger partial charge on any atom is 0.138 e. The normalized spacial score (nSPS) is 10.7. The minimum absolute atomic E-state index is 0.819. The highest BCUT2D eigenvalue weighted by Gasteiger charge is 2.16. The average molecular weight is 399 g/mol. The molecule has 152 valence electrons. The predicted octanol–water partition coefficient (Wildman–Crippen LogP) is 5.49. The van der Waals surface area contributed by atoms with Gasteiger partial charge in [-0.2, -0.15) is 0 Å². The molecule has 0 bridgehead atoms. The van der Waals surface area contributed by atoms with Crippen LogP contribution in [0.3, 0.4) is 0 Å². The van der Waals surface area contributed by atoms with Crippen molar-refractivity contribution in [2.75, 3.05) is 33.2 Å². The first-order valence-corrected chi connectivity index (χ1v) is 9.75. The van der Waals surface area contributed by atoms with E-state index in [1.807, 2.05) is 62.6 Å². The molecule has 0 atom stereocenters. The Balaban J connectivity index is 1.81. The number of anilines is 1. The Hall–Kier alpha value is -3.73. The summed E-state index contributed by atoms with van der Waals surface area (Å²) in [5, 5.41) is 0. The van der Waals surface area contributed by atoms with Gasteiger partial charge >= 0.3 is 0 Å². The quantitative estimate of drug-likeness (QED) is 0.465. The molecule has 0 saturated carbocycles. The molecule has 30 heavy (non-hydrogen) atoms. The van der Waals surface area contributed by atoms with E-state index in [0.29, 0.717) is 0 Å². The Morgan fingerprint density at radius 2 is 1.17 bits per heavy atom. The number of methoxy groups -OCH3 is 2. The summed E-state index contributed by atoms with van der Waals surface area (Å²) in [4.78, 5) is 10.6. The minimum atomic E-state index is 0.819. The zero-order valence-corrected chi connectivity index (χ0v) is 17.6. The van der Waals surface area contributed by atoms with E-state index in [0.717, 1.165) is 51.1 Å². The number of hydrogen-bond acceptors (Lipinski definition) is 4. The van der Waals surface area contributed by atoms with E-state index < -0.39 is 0 Å². The Morgan fingerprint density at radius 1 is 0.667 bits per heavy atom. The van der Waals surface area contributed by atoms with Crippen LogP contribution in [0, 0.1) is 0 Å². The number of hydrogen-bond donors (Lipinski definition) is 1. The van der Waals surface area contributed by atoms with Gasteiger partial charge in [0, 0.05) is 36.5 Å². The van der Waals surface area contributed by atoms with Crippen molar-refractivity contribution in [3.05, 3.63) is 72.8 Å². The van der Waals surface area contributed by atoms with Crippen LogP contribution in [-0.2, 0) is 0 Å². The average Bonchev–Trinajstić information content (AvgIpc) is 3.24. The highest BCUT2D eigenvalue weighted by atomic mass is 16.5. The van der Waals surface area contributed by atoms with Crippen LogP contribution >= 0.6 is 0 Å². The first kappa shape index (κ1) is 19.6. The van der Waals surface area contributed by atoms with Gasteiger partial charge in [0.25, 0.3) is 0 Å². The van der Waals surface area contributed by atoms with E-state index in [4.69, 9.17) is 14.5 Å². The first-order chi connectivity index (χ1) is 14.6. The van der Waals surface area contributed by atoms with Gasteiger partial charge in [-0.1, -0.05) is 0 Å². The van der Waals surface area contributed by atoms with Crippen LogP contribution in [-0.4, -0.2) is 38.3 Å². The SMILES string of the molecule is COc1ccc(-c2nc(-c3ccc(N(C)C)cc3)[nH]c2-c2ccc(OC)cc2)cc1. The number of nitrogens with one attached hydrogen (secondary N) is 1. The minimum Gasteiger partial charge on any atom is -0.497 e. The molecule has 1 aromatic heterocycles. The van der Waals surface area contributed by atoms with Gasteiger partial charge in [0.05, 0.1) is 25.6 Å². The van der Waals surface area contributed by atoms with Gasteiger partial charge in [-0.3, -0.25) is 0 Å². The monoisotopic (exact) mass is 399 g/mol. The smallest absolute Gasteiger partial charge is 0.138 e. The molecular formula is C25H25N3O2. The molecule has 1 N–H and O–H groups in total. The van der Waals surface area contributed by atoms with E-state index in [-0.39, 0.29) is 0 Å². The molecule has 5 nitrogen and oxygen atoms in total. The van der Waals surface area contributed by atoms with Gasteiger partial charge < -0.3 is 19.4 Å². The molecule has 4 rings (SSSR count). The molecule has 0 aliphatic rings. The maximum absolute atomic E-state index is 5.31. The van der Waals surface area contributed by atoms with Crippen LogP contribution in [0.2, 0.25) is 0 Å². The molecule has 5 heteroatoms. The Labute approximate surface area is 176 Å². The molecule has 0 fully saturated rings. The standard InChI is InChI=1S/C25H25N3O2/c1-28(2)20-11-5-19(6-12-20)25-26-23(17-7-13-21(29-3)14-8-17)24(27-25)18-9-15-22(30-4)16-10-18/h5-16H,1-4H3,(H,26,27). The number of rotatable bonds is 6. The lowest BCUT2D eigenvalue weighted by molar-refractivity contribution is 0.414. The zero-order chi connectivity index (χ0) is 21.1.